The van der Waals surface area contributed by atoms with E-state index in [1.54, 1.807) is 0 Å². The van der Waals surface area contributed by atoms with Gasteiger partial charge in [-0.3, -0.25) is 4.21 Å². The molecule has 2 aromatic carbocycles. The van der Waals surface area contributed by atoms with Gasteiger partial charge in [0.25, 0.3) is 0 Å². The zero-order valence-electron chi connectivity index (χ0n) is 12.6. The van der Waals surface area contributed by atoms with Crippen LogP contribution in [0.2, 0.25) is 0 Å². The molecule has 0 saturated heterocycles. The van der Waals surface area contributed by atoms with Crippen molar-refractivity contribution in [2.45, 2.75) is 17.8 Å². The summed E-state index contributed by atoms with van der Waals surface area (Å²) in [6, 6.07) is 13.8. The van der Waals surface area contributed by atoms with Gasteiger partial charge in [-0.25, -0.2) is 9.67 Å². The van der Waals surface area contributed by atoms with Crippen LogP contribution < -0.4 is 4.74 Å². The number of fused-ring (bicyclic) bond motifs is 1. The molecule has 1 heterocycles. The highest BCUT2D eigenvalue weighted by Crippen LogP contribution is 2.20. The van der Waals surface area contributed by atoms with E-state index in [1.807, 2.05) is 42.5 Å². The van der Waals surface area contributed by atoms with E-state index in [0.717, 1.165) is 10.8 Å². The van der Waals surface area contributed by atoms with E-state index >= 15 is 0 Å². The molecule has 1 aromatic heterocycles. The standard InChI is InChI=1S/C16H17N3O3S/c1-23(21)16-17-11-19(18-16)9-14(20)10-22-15-7-6-12-4-2-3-5-13(12)8-15/h2-8,11,14,20H,9-10H2,1H3. The summed E-state index contributed by atoms with van der Waals surface area (Å²) in [6.45, 7) is 0.376. The first kappa shape index (κ1) is 15.6. The number of aliphatic hydroxyl groups is 1. The molecule has 0 saturated carbocycles. The minimum atomic E-state index is -1.23. The van der Waals surface area contributed by atoms with Crippen molar-refractivity contribution >= 4 is 21.6 Å². The number of benzene rings is 2. The Kier molecular flexibility index (Phi) is 4.68. The molecule has 0 spiro atoms. The van der Waals surface area contributed by atoms with Crippen LogP contribution in [0.4, 0.5) is 0 Å². The molecule has 0 aliphatic rings. The molecular formula is C16H17N3O3S. The normalized spacial score (nSPS) is 13.8. The molecule has 0 aliphatic heterocycles. The van der Waals surface area contributed by atoms with Crippen LogP contribution in [0.3, 0.4) is 0 Å². The Labute approximate surface area is 136 Å². The van der Waals surface area contributed by atoms with Gasteiger partial charge in [-0.15, -0.1) is 5.10 Å². The van der Waals surface area contributed by atoms with Crippen molar-refractivity contribution < 1.29 is 14.1 Å². The molecule has 0 bridgehead atoms. The number of aromatic nitrogens is 3. The van der Waals surface area contributed by atoms with Crippen molar-refractivity contribution in [1.29, 1.82) is 0 Å². The number of ether oxygens (including phenoxy) is 1. The second-order valence-corrected chi connectivity index (χ2v) is 6.45. The molecule has 2 unspecified atom stereocenters. The van der Waals surface area contributed by atoms with Crippen LogP contribution >= 0.6 is 0 Å². The molecule has 0 radical (unpaired) electrons. The van der Waals surface area contributed by atoms with E-state index < -0.39 is 16.9 Å². The van der Waals surface area contributed by atoms with E-state index in [9.17, 15) is 9.32 Å². The average molecular weight is 331 g/mol. The van der Waals surface area contributed by atoms with Gasteiger partial charge in [0.2, 0.25) is 5.16 Å². The van der Waals surface area contributed by atoms with Gasteiger partial charge < -0.3 is 9.84 Å². The summed E-state index contributed by atoms with van der Waals surface area (Å²) in [5.74, 6) is 0.705. The molecule has 2 atom stereocenters. The lowest BCUT2D eigenvalue weighted by Gasteiger charge is -2.12. The lowest BCUT2D eigenvalue weighted by Crippen LogP contribution is -2.24. The Morgan fingerprint density at radius 3 is 2.78 bits per heavy atom. The summed E-state index contributed by atoms with van der Waals surface area (Å²) >= 11 is 0. The molecule has 120 valence electrons. The van der Waals surface area contributed by atoms with Gasteiger partial charge in [0.1, 0.15) is 24.8 Å². The fourth-order valence-electron chi connectivity index (χ4n) is 2.22. The topological polar surface area (TPSA) is 77.2 Å². The Hall–Kier alpha value is -2.25. The van der Waals surface area contributed by atoms with Gasteiger partial charge in [-0.2, -0.15) is 0 Å². The predicted octanol–water partition coefficient (Wildman–Crippen LogP) is 1.61. The zero-order chi connectivity index (χ0) is 16.2. The first-order chi connectivity index (χ1) is 11.1. The molecule has 3 aromatic rings. The van der Waals surface area contributed by atoms with Gasteiger partial charge >= 0.3 is 0 Å². The van der Waals surface area contributed by atoms with Crippen molar-refractivity contribution in [2.75, 3.05) is 12.9 Å². The predicted molar refractivity (Wildman–Crippen MR) is 87.8 cm³/mol. The van der Waals surface area contributed by atoms with E-state index in [0.29, 0.717) is 5.75 Å². The van der Waals surface area contributed by atoms with Crippen LogP contribution in [0.15, 0.2) is 53.9 Å². The summed E-state index contributed by atoms with van der Waals surface area (Å²) in [4.78, 5) is 3.92. The fraction of sp³-hybridized carbons (Fsp3) is 0.250. The maximum Gasteiger partial charge on any atom is 0.238 e. The minimum Gasteiger partial charge on any atom is -0.491 e. The molecular weight excluding hydrogens is 314 g/mol. The van der Waals surface area contributed by atoms with Crippen LogP contribution in [0.1, 0.15) is 0 Å². The summed E-state index contributed by atoms with van der Waals surface area (Å²) in [5, 5.41) is 16.6. The van der Waals surface area contributed by atoms with Crippen LogP contribution in [-0.4, -0.2) is 43.0 Å². The SMILES string of the molecule is CS(=O)c1ncn(CC(O)COc2ccc3ccccc3c2)n1. The highest BCUT2D eigenvalue weighted by Gasteiger charge is 2.10. The molecule has 7 heteroatoms. The van der Waals surface area contributed by atoms with E-state index in [4.69, 9.17) is 4.74 Å². The first-order valence-corrected chi connectivity index (χ1v) is 8.70. The van der Waals surface area contributed by atoms with E-state index in [1.165, 1.54) is 17.3 Å². The van der Waals surface area contributed by atoms with Crippen LogP contribution in [0.5, 0.6) is 5.75 Å². The number of nitrogens with zero attached hydrogens (tertiary/aromatic N) is 3. The third kappa shape index (κ3) is 3.94. The Balaban J connectivity index is 1.58. The lowest BCUT2D eigenvalue weighted by atomic mass is 10.1. The van der Waals surface area contributed by atoms with E-state index in [-0.39, 0.29) is 18.3 Å². The Morgan fingerprint density at radius 2 is 2.04 bits per heavy atom. The third-order valence-corrected chi connectivity index (χ3v) is 4.03. The zero-order valence-corrected chi connectivity index (χ0v) is 13.4. The smallest absolute Gasteiger partial charge is 0.238 e. The lowest BCUT2D eigenvalue weighted by molar-refractivity contribution is 0.0890. The number of rotatable bonds is 6. The van der Waals surface area contributed by atoms with Crippen molar-refractivity contribution in [3.8, 4) is 5.75 Å². The van der Waals surface area contributed by atoms with Crippen LogP contribution in [0.25, 0.3) is 10.8 Å². The van der Waals surface area contributed by atoms with Crippen molar-refractivity contribution in [1.82, 2.24) is 14.8 Å². The highest BCUT2D eigenvalue weighted by molar-refractivity contribution is 7.84. The van der Waals surface area contributed by atoms with Gasteiger partial charge in [-0.05, 0) is 22.9 Å². The fourth-order valence-corrected chi connectivity index (χ4v) is 2.63. The van der Waals surface area contributed by atoms with Gasteiger partial charge in [-0.1, -0.05) is 30.3 Å². The van der Waals surface area contributed by atoms with Crippen molar-refractivity contribution in [3.05, 3.63) is 48.8 Å². The molecule has 1 N–H and O–H groups in total. The Bertz CT molecular complexity index is 834. The van der Waals surface area contributed by atoms with Gasteiger partial charge in [0, 0.05) is 6.26 Å². The molecule has 23 heavy (non-hydrogen) atoms. The van der Waals surface area contributed by atoms with E-state index in [2.05, 4.69) is 10.1 Å². The molecule has 6 nitrogen and oxygen atoms in total. The quantitative estimate of drug-likeness (QED) is 0.742. The van der Waals surface area contributed by atoms with Crippen LogP contribution in [-0.2, 0) is 17.3 Å². The summed E-state index contributed by atoms with van der Waals surface area (Å²) in [6.07, 6.45) is 2.23. The van der Waals surface area contributed by atoms with Crippen molar-refractivity contribution in [2.24, 2.45) is 0 Å². The number of aliphatic hydroxyl groups excluding tert-OH is 1. The molecule has 3 rings (SSSR count). The second-order valence-electron chi connectivity index (χ2n) is 5.18. The van der Waals surface area contributed by atoms with Crippen molar-refractivity contribution in [3.63, 3.8) is 0 Å². The summed E-state index contributed by atoms with van der Waals surface area (Å²) in [5.41, 5.74) is 0. The number of hydrogen-bond acceptors (Lipinski definition) is 5. The summed E-state index contributed by atoms with van der Waals surface area (Å²) < 4.78 is 18.3. The molecule has 0 fully saturated rings. The van der Waals surface area contributed by atoms with Crippen LogP contribution in [0, 0.1) is 0 Å². The van der Waals surface area contributed by atoms with Gasteiger partial charge in [0.15, 0.2) is 0 Å². The maximum absolute atomic E-state index is 11.2. The first-order valence-electron chi connectivity index (χ1n) is 7.14. The van der Waals surface area contributed by atoms with Gasteiger partial charge in [0.05, 0.1) is 17.3 Å². The summed E-state index contributed by atoms with van der Waals surface area (Å²) in [7, 11) is -1.23. The number of hydrogen-bond donors (Lipinski definition) is 1. The monoisotopic (exact) mass is 331 g/mol. The Morgan fingerprint density at radius 1 is 1.26 bits per heavy atom. The third-order valence-electron chi connectivity index (χ3n) is 3.33. The highest BCUT2D eigenvalue weighted by atomic mass is 32.2. The average Bonchev–Trinajstić information content (AvgIpc) is 3.01. The second kappa shape index (κ2) is 6.89. The largest absolute Gasteiger partial charge is 0.491 e. The molecule has 0 amide bonds. The molecule has 0 aliphatic carbocycles. The maximum atomic E-state index is 11.2. The minimum absolute atomic E-state index is 0.142.